The number of amidine groups is 1. The standard InChI is InChI=1S/C29H28F2N4O2S/c1-14-19-12-23(28(37)34-15(2)24-11-17(13-38-24)27(32)33)35(26(14)19)25(36)10-16-7-8-22-20(9-16)18-5-3-4-6-21(18)29(22,30)31/h3-9,11,13-15,19,23,26H,10,12H2,1-2H3,(H3,32,33)(H,34,37)/t14?,15-,19?,23?,26?/m1/s1. The molecule has 1 saturated heterocycles. The molecule has 0 bridgehead atoms. The van der Waals surface area contributed by atoms with Gasteiger partial charge in [-0.05, 0) is 47.9 Å². The fourth-order valence-electron chi connectivity index (χ4n) is 6.19. The maximum absolute atomic E-state index is 14.9. The normalized spacial score (nSPS) is 24.8. The first-order valence-corrected chi connectivity index (χ1v) is 13.6. The van der Waals surface area contributed by atoms with E-state index in [1.165, 1.54) is 23.5 Å². The Morgan fingerprint density at radius 2 is 1.92 bits per heavy atom. The fraction of sp³-hybridized carbons (Fsp3) is 0.345. The molecule has 38 heavy (non-hydrogen) atoms. The second kappa shape index (κ2) is 8.73. The number of carbonyl (C=O) groups is 2. The number of nitrogens with zero attached hydrogens (tertiary/aromatic N) is 1. The first-order valence-electron chi connectivity index (χ1n) is 12.7. The summed E-state index contributed by atoms with van der Waals surface area (Å²) in [5.41, 5.74) is 7.73. The van der Waals surface area contributed by atoms with Gasteiger partial charge in [0.1, 0.15) is 11.9 Å². The molecule has 1 aliphatic heterocycles. The zero-order chi connectivity index (χ0) is 26.9. The van der Waals surface area contributed by atoms with Gasteiger partial charge < -0.3 is 16.0 Å². The number of piperidine rings is 1. The average Bonchev–Trinajstić information content (AvgIpc) is 3.29. The molecule has 2 aliphatic carbocycles. The van der Waals surface area contributed by atoms with Crippen molar-refractivity contribution < 1.29 is 18.4 Å². The summed E-state index contributed by atoms with van der Waals surface area (Å²) in [5.74, 6) is -2.82. The molecule has 6 rings (SSSR count). The van der Waals surface area contributed by atoms with E-state index >= 15 is 0 Å². The minimum absolute atomic E-state index is 0.0142. The molecule has 4 unspecified atom stereocenters. The number of benzene rings is 2. The van der Waals surface area contributed by atoms with Crippen LogP contribution >= 0.6 is 11.3 Å². The van der Waals surface area contributed by atoms with Gasteiger partial charge in [-0.15, -0.1) is 11.3 Å². The summed E-state index contributed by atoms with van der Waals surface area (Å²) >= 11 is 1.42. The number of amides is 2. The highest BCUT2D eigenvalue weighted by molar-refractivity contribution is 7.10. The highest BCUT2D eigenvalue weighted by atomic mass is 32.1. The van der Waals surface area contributed by atoms with Crippen molar-refractivity contribution in [2.24, 2.45) is 17.6 Å². The van der Waals surface area contributed by atoms with Crippen molar-refractivity contribution in [1.82, 2.24) is 10.2 Å². The topological polar surface area (TPSA) is 99.3 Å². The predicted molar refractivity (Wildman–Crippen MR) is 142 cm³/mol. The Balaban J connectivity index is 1.20. The number of nitrogens with two attached hydrogens (primary N) is 1. The number of hydrogen-bond donors (Lipinski definition) is 3. The third kappa shape index (κ3) is 3.83. The average molecular weight is 535 g/mol. The molecule has 0 spiro atoms. The molecule has 2 heterocycles. The van der Waals surface area contributed by atoms with Crippen molar-refractivity contribution in [3.05, 3.63) is 81.0 Å². The van der Waals surface area contributed by atoms with Gasteiger partial charge in [0.15, 0.2) is 0 Å². The van der Waals surface area contributed by atoms with Gasteiger partial charge in [0.2, 0.25) is 11.8 Å². The fourth-order valence-corrected chi connectivity index (χ4v) is 7.11. The number of hydrogen-bond acceptors (Lipinski definition) is 4. The number of nitrogen functional groups attached to an aromatic ring is 1. The van der Waals surface area contributed by atoms with Crippen LogP contribution < -0.4 is 11.1 Å². The Morgan fingerprint density at radius 1 is 1.18 bits per heavy atom. The van der Waals surface area contributed by atoms with E-state index in [9.17, 15) is 18.4 Å². The molecular formula is C29H28F2N4O2S. The minimum atomic E-state index is -3.06. The van der Waals surface area contributed by atoms with E-state index in [0.717, 1.165) is 4.88 Å². The van der Waals surface area contributed by atoms with Crippen molar-refractivity contribution >= 4 is 29.0 Å². The summed E-state index contributed by atoms with van der Waals surface area (Å²) in [6.45, 7) is 3.96. The molecule has 2 fully saturated rings. The molecule has 5 atom stereocenters. The van der Waals surface area contributed by atoms with Gasteiger partial charge in [0.05, 0.1) is 12.5 Å². The molecule has 0 radical (unpaired) electrons. The van der Waals surface area contributed by atoms with E-state index in [1.807, 2.05) is 6.92 Å². The van der Waals surface area contributed by atoms with Crippen LogP contribution in [0.1, 0.15) is 53.4 Å². The number of halogens is 2. The molecule has 6 nitrogen and oxygen atoms in total. The number of alkyl halides is 2. The summed E-state index contributed by atoms with van der Waals surface area (Å²) in [7, 11) is 0. The number of thiophene rings is 1. The number of rotatable bonds is 6. The van der Waals surface area contributed by atoms with Crippen molar-refractivity contribution in [2.45, 2.75) is 50.7 Å². The largest absolute Gasteiger partial charge is 0.384 e. The highest BCUT2D eigenvalue weighted by Crippen LogP contribution is 2.54. The summed E-state index contributed by atoms with van der Waals surface area (Å²) in [4.78, 5) is 29.5. The summed E-state index contributed by atoms with van der Waals surface area (Å²) in [6.07, 6.45) is 0.659. The minimum Gasteiger partial charge on any atom is -0.384 e. The molecule has 2 amide bonds. The van der Waals surface area contributed by atoms with Gasteiger partial charge >= 0.3 is 0 Å². The maximum Gasteiger partial charge on any atom is 0.299 e. The smallest absolute Gasteiger partial charge is 0.299 e. The molecular weight excluding hydrogens is 506 g/mol. The van der Waals surface area contributed by atoms with Crippen molar-refractivity contribution in [3.63, 3.8) is 0 Å². The molecule has 2 aromatic carbocycles. The Labute approximate surface area is 223 Å². The molecule has 4 N–H and O–H groups in total. The van der Waals surface area contributed by atoms with E-state index in [-0.39, 0.29) is 47.3 Å². The molecule has 3 aromatic rings. The quantitative estimate of drug-likeness (QED) is 0.313. The molecule has 9 heteroatoms. The lowest BCUT2D eigenvalue weighted by molar-refractivity contribution is -0.139. The second-order valence-electron chi connectivity index (χ2n) is 10.6. The Bertz CT molecular complexity index is 1480. The third-order valence-corrected chi connectivity index (χ3v) is 9.42. The first kappa shape index (κ1) is 24.7. The number of likely N-dealkylation sites (tertiary alicyclic amines) is 1. The van der Waals surface area contributed by atoms with Crippen molar-refractivity contribution in [3.8, 4) is 11.1 Å². The lowest BCUT2D eigenvalue weighted by Crippen LogP contribution is -2.49. The maximum atomic E-state index is 14.9. The molecule has 3 aliphatic rings. The van der Waals surface area contributed by atoms with Crippen LogP contribution in [-0.4, -0.2) is 34.6 Å². The SMILES string of the molecule is CC1C2CC(C(=O)N[C@H](C)c3cc(C(=N)N)cs3)N(C(=O)Cc3ccc4c(c3)-c3ccccc3C4(F)F)C12. The summed E-state index contributed by atoms with van der Waals surface area (Å²) in [5, 5.41) is 12.4. The number of nitrogens with one attached hydrogen (secondary N) is 2. The number of carbonyl (C=O) groups excluding carboxylic acids is 2. The van der Waals surface area contributed by atoms with Gasteiger partial charge in [-0.25, -0.2) is 0 Å². The van der Waals surface area contributed by atoms with Crippen molar-refractivity contribution in [1.29, 1.82) is 5.41 Å². The summed E-state index contributed by atoms with van der Waals surface area (Å²) < 4.78 is 29.9. The van der Waals surface area contributed by atoms with E-state index in [1.54, 1.807) is 46.7 Å². The third-order valence-electron chi connectivity index (χ3n) is 8.30. The molecule has 196 valence electrons. The van der Waals surface area contributed by atoms with Crippen LogP contribution in [0, 0.1) is 17.2 Å². The molecule has 1 aromatic heterocycles. The highest BCUT2D eigenvalue weighted by Gasteiger charge is 2.61. The van der Waals surface area contributed by atoms with Crippen LogP contribution in [0.2, 0.25) is 0 Å². The summed E-state index contributed by atoms with van der Waals surface area (Å²) in [6, 6.07) is 12.2. The van der Waals surface area contributed by atoms with Crippen LogP contribution in [0.25, 0.3) is 11.1 Å². The van der Waals surface area contributed by atoms with Gasteiger partial charge in [0.25, 0.3) is 5.92 Å². The van der Waals surface area contributed by atoms with E-state index in [4.69, 9.17) is 11.1 Å². The lowest BCUT2D eigenvalue weighted by atomic mass is 10.00. The van der Waals surface area contributed by atoms with Crippen LogP contribution in [-0.2, 0) is 21.9 Å². The van der Waals surface area contributed by atoms with Crippen LogP contribution in [0.3, 0.4) is 0 Å². The second-order valence-corrected chi connectivity index (χ2v) is 11.6. The zero-order valence-electron chi connectivity index (χ0n) is 21.0. The van der Waals surface area contributed by atoms with E-state index in [2.05, 4.69) is 12.2 Å². The van der Waals surface area contributed by atoms with E-state index < -0.39 is 12.0 Å². The van der Waals surface area contributed by atoms with Gasteiger partial charge in [-0.1, -0.05) is 49.4 Å². The van der Waals surface area contributed by atoms with Gasteiger partial charge in [0, 0.05) is 33.0 Å². The zero-order valence-corrected chi connectivity index (χ0v) is 21.8. The van der Waals surface area contributed by atoms with E-state index in [0.29, 0.717) is 40.5 Å². The first-order chi connectivity index (χ1) is 18.1. The van der Waals surface area contributed by atoms with Gasteiger partial charge in [-0.2, -0.15) is 8.78 Å². The Hall–Kier alpha value is -3.59. The molecule has 1 saturated carbocycles. The van der Waals surface area contributed by atoms with Gasteiger partial charge in [-0.3, -0.25) is 15.0 Å². The van der Waals surface area contributed by atoms with Crippen molar-refractivity contribution in [2.75, 3.05) is 0 Å². The predicted octanol–water partition coefficient (Wildman–Crippen LogP) is 4.81. The lowest BCUT2D eigenvalue weighted by Gasteiger charge is -2.29. The Morgan fingerprint density at radius 3 is 2.66 bits per heavy atom. The van der Waals surface area contributed by atoms with Crippen LogP contribution in [0.4, 0.5) is 8.78 Å². The van der Waals surface area contributed by atoms with Crippen LogP contribution in [0.5, 0.6) is 0 Å². The van der Waals surface area contributed by atoms with Crippen LogP contribution in [0.15, 0.2) is 53.9 Å². The number of fused-ring (bicyclic) bond motifs is 4. The Kier molecular flexibility index (Phi) is 5.68. The monoisotopic (exact) mass is 534 g/mol.